The van der Waals surface area contributed by atoms with Crippen LogP contribution in [-0.2, 0) is 13.6 Å². The van der Waals surface area contributed by atoms with Gasteiger partial charge in [0.2, 0.25) is 5.95 Å². The van der Waals surface area contributed by atoms with Gasteiger partial charge in [-0.2, -0.15) is 9.78 Å². The minimum Gasteiger partial charge on any atom is -0.368 e. The lowest BCUT2D eigenvalue weighted by Crippen LogP contribution is -2.27. The number of fused-ring (bicyclic) bond motifs is 1. The molecule has 0 atom stereocenters. The van der Waals surface area contributed by atoms with Crippen LogP contribution in [0.5, 0.6) is 0 Å². The Hall–Kier alpha value is -3.12. The molecule has 2 aromatic carbocycles. The number of hydrogen-bond acceptors (Lipinski definition) is 4. The summed E-state index contributed by atoms with van der Waals surface area (Å²) in [5.41, 5.74) is 3.02. The predicted molar refractivity (Wildman–Crippen MR) is 108 cm³/mol. The van der Waals surface area contributed by atoms with Gasteiger partial charge in [0.25, 0.3) is 5.56 Å². The van der Waals surface area contributed by atoms with Gasteiger partial charge in [0.05, 0.1) is 22.9 Å². The van der Waals surface area contributed by atoms with E-state index in [0.717, 1.165) is 16.6 Å². The summed E-state index contributed by atoms with van der Waals surface area (Å²) in [4.78, 5) is 19.3. The molecule has 0 saturated carbocycles. The second-order valence-electron chi connectivity index (χ2n) is 6.36. The van der Waals surface area contributed by atoms with Crippen LogP contribution in [0.25, 0.3) is 17.0 Å². The van der Waals surface area contributed by atoms with Crippen molar-refractivity contribution in [2.24, 2.45) is 7.05 Å². The molecule has 0 bridgehead atoms. The molecule has 7 heteroatoms. The third kappa shape index (κ3) is 3.08. The molecule has 0 aliphatic carbocycles. The number of para-hydroxylation sites is 2. The Morgan fingerprint density at radius 2 is 1.78 bits per heavy atom. The molecule has 4 rings (SSSR count). The van der Waals surface area contributed by atoms with E-state index in [0.29, 0.717) is 18.2 Å². The number of hydrogen-bond donors (Lipinski definition) is 0. The van der Waals surface area contributed by atoms with Gasteiger partial charge in [-0.3, -0.25) is 4.79 Å². The van der Waals surface area contributed by atoms with Crippen molar-refractivity contribution >= 4 is 28.3 Å². The van der Waals surface area contributed by atoms with Crippen LogP contribution in [0.15, 0.2) is 65.6 Å². The van der Waals surface area contributed by atoms with Gasteiger partial charge in [-0.1, -0.05) is 54.1 Å². The lowest BCUT2D eigenvalue weighted by molar-refractivity contribution is 0.715. The zero-order chi connectivity index (χ0) is 19.0. The normalized spacial score (nSPS) is 11.1. The van der Waals surface area contributed by atoms with E-state index in [-0.39, 0.29) is 5.02 Å². The largest absolute Gasteiger partial charge is 0.368 e. The summed E-state index contributed by atoms with van der Waals surface area (Å²) >= 11 is 6.41. The number of benzene rings is 2. The molecule has 0 aliphatic rings. The molecule has 0 fully saturated rings. The molecule has 136 valence electrons. The monoisotopic (exact) mass is 379 g/mol. The van der Waals surface area contributed by atoms with Gasteiger partial charge >= 0.3 is 0 Å². The molecular weight excluding hydrogens is 362 g/mol. The fourth-order valence-corrected chi connectivity index (χ4v) is 3.37. The first-order valence-corrected chi connectivity index (χ1v) is 8.89. The predicted octanol–water partition coefficient (Wildman–Crippen LogP) is 3.41. The summed E-state index contributed by atoms with van der Waals surface area (Å²) in [6.45, 7) is 0.623. The maximum absolute atomic E-state index is 12.9. The molecule has 0 spiro atoms. The van der Waals surface area contributed by atoms with Gasteiger partial charge in [-0.25, -0.2) is 4.98 Å². The molecule has 6 nitrogen and oxygen atoms in total. The molecule has 0 saturated heterocycles. The molecule has 0 amide bonds. The van der Waals surface area contributed by atoms with Gasteiger partial charge in [0.1, 0.15) is 5.02 Å². The number of anilines is 1. The van der Waals surface area contributed by atoms with Gasteiger partial charge in [-0.05, 0) is 17.7 Å². The van der Waals surface area contributed by atoms with E-state index >= 15 is 0 Å². The number of aryl methyl sites for hydroxylation is 1. The maximum atomic E-state index is 12.9. The van der Waals surface area contributed by atoms with Crippen molar-refractivity contribution in [3.05, 3.63) is 81.7 Å². The van der Waals surface area contributed by atoms with Crippen LogP contribution < -0.4 is 10.5 Å². The molecule has 0 aliphatic heterocycles. The highest BCUT2D eigenvalue weighted by Crippen LogP contribution is 2.23. The Kier molecular flexibility index (Phi) is 4.41. The van der Waals surface area contributed by atoms with Crippen LogP contribution in [0, 0.1) is 0 Å². The van der Waals surface area contributed by atoms with Gasteiger partial charge in [-0.15, -0.1) is 0 Å². The minimum atomic E-state index is -0.396. The average Bonchev–Trinajstić information content (AvgIpc) is 3.01. The molecule has 0 radical (unpaired) electrons. The lowest BCUT2D eigenvalue weighted by atomic mass is 10.2. The van der Waals surface area contributed by atoms with Crippen LogP contribution in [0.2, 0.25) is 5.02 Å². The summed E-state index contributed by atoms with van der Waals surface area (Å²) < 4.78 is 3.07. The van der Waals surface area contributed by atoms with Crippen LogP contribution in [0.1, 0.15) is 5.56 Å². The molecule has 0 unspecified atom stereocenters. The van der Waals surface area contributed by atoms with E-state index in [1.165, 1.54) is 4.68 Å². The molecule has 27 heavy (non-hydrogen) atoms. The lowest BCUT2D eigenvalue weighted by Gasteiger charge is -2.20. The van der Waals surface area contributed by atoms with Crippen LogP contribution in [-0.4, -0.2) is 26.4 Å². The standard InChI is InChI=1S/C20H18ClN5O/c1-24(13-14-8-4-3-5-9-14)17-12-22-26(19(27)18(17)21)20-23-15-10-6-7-11-16(15)25(20)2/h3-12H,13H2,1-2H3. The first-order valence-electron chi connectivity index (χ1n) is 8.51. The quantitative estimate of drug-likeness (QED) is 0.545. The van der Waals surface area contributed by atoms with Crippen LogP contribution in [0.3, 0.4) is 0 Å². The highest BCUT2D eigenvalue weighted by atomic mass is 35.5. The molecule has 2 heterocycles. The second kappa shape index (κ2) is 6.89. The van der Waals surface area contributed by atoms with Gasteiger partial charge < -0.3 is 9.47 Å². The molecule has 0 N–H and O–H groups in total. The van der Waals surface area contributed by atoms with E-state index in [1.807, 2.05) is 78.2 Å². The Labute approximate surface area is 161 Å². The number of halogens is 1. The SMILES string of the molecule is CN(Cc1ccccc1)c1cnn(-c2nc3ccccc3n2C)c(=O)c1Cl. The van der Waals surface area contributed by atoms with Crippen molar-refractivity contribution in [3.8, 4) is 5.95 Å². The minimum absolute atomic E-state index is 0.121. The van der Waals surface area contributed by atoms with Crippen LogP contribution in [0.4, 0.5) is 5.69 Å². The fourth-order valence-electron chi connectivity index (χ4n) is 3.10. The number of imidazole rings is 1. The van der Waals surface area contributed by atoms with Crippen molar-refractivity contribution in [1.82, 2.24) is 19.3 Å². The van der Waals surface area contributed by atoms with Crippen molar-refractivity contribution in [3.63, 3.8) is 0 Å². The van der Waals surface area contributed by atoms with Crippen molar-refractivity contribution < 1.29 is 0 Å². The fraction of sp³-hybridized carbons (Fsp3) is 0.150. The number of rotatable bonds is 4. The Morgan fingerprint density at radius 3 is 2.52 bits per heavy atom. The average molecular weight is 380 g/mol. The molecular formula is C20H18ClN5O. The summed E-state index contributed by atoms with van der Waals surface area (Å²) in [6, 6.07) is 17.7. The third-order valence-corrected chi connectivity index (χ3v) is 4.88. The van der Waals surface area contributed by atoms with Crippen molar-refractivity contribution in [2.45, 2.75) is 6.54 Å². The smallest absolute Gasteiger partial charge is 0.295 e. The number of nitrogens with zero attached hydrogens (tertiary/aromatic N) is 5. The zero-order valence-corrected chi connectivity index (χ0v) is 15.8. The highest BCUT2D eigenvalue weighted by molar-refractivity contribution is 6.33. The van der Waals surface area contributed by atoms with E-state index in [1.54, 1.807) is 6.20 Å². The van der Waals surface area contributed by atoms with E-state index in [4.69, 9.17) is 11.6 Å². The molecule has 4 aromatic rings. The third-order valence-electron chi connectivity index (χ3n) is 4.53. The Balaban J connectivity index is 1.74. The van der Waals surface area contributed by atoms with Gasteiger partial charge in [0, 0.05) is 20.6 Å². The number of aromatic nitrogens is 4. The summed E-state index contributed by atoms with van der Waals surface area (Å²) in [7, 11) is 3.73. The topological polar surface area (TPSA) is 56.0 Å². The Bertz CT molecular complexity index is 1170. The van der Waals surface area contributed by atoms with Gasteiger partial charge in [0.15, 0.2) is 0 Å². The first kappa shape index (κ1) is 17.3. The zero-order valence-electron chi connectivity index (χ0n) is 15.0. The summed E-state index contributed by atoms with van der Waals surface area (Å²) in [5, 5.41) is 4.44. The van der Waals surface area contributed by atoms with Crippen molar-refractivity contribution in [2.75, 3.05) is 11.9 Å². The second-order valence-corrected chi connectivity index (χ2v) is 6.74. The maximum Gasteiger partial charge on any atom is 0.295 e. The molecule has 2 aromatic heterocycles. The van der Waals surface area contributed by atoms with E-state index in [9.17, 15) is 4.79 Å². The van der Waals surface area contributed by atoms with E-state index in [2.05, 4.69) is 10.1 Å². The first-order chi connectivity index (χ1) is 13.1. The Morgan fingerprint density at radius 1 is 1.07 bits per heavy atom. The van der Waals surface area contributed by atoms with E-state index < -0.39 is 5.56 Å². The highest BCUT2D eigenvalue weighted by Gasteiger charge is 2.17. The summed E-state index contributed by atoms with van der Waals surface area (Å²) in [5.74, 6) is 0.431. The summed E-state index contributed by atoms with van der Waals surface area (Å²) in [6.07, 6.45) is 1.60. The van der Waals surface area contributed by atoms with Crippen molar-refractivity contribution in [1.29, 1.82) is 0 Å². The van der Waals surface area contributed by atoms with Crippen LogP contribution >= 0.6 is 11.6 Å².